The van der Waals surface area contributed by atoms with E-state index in [-0.39, 0.29) is 23.1 Å². The van der Waals surface area contributed by atoms with Crippen LogP contribution in [0.2, 0.25) is 0 Å². The number of aromatic nitrogens is 2. The molecule has 0 radical (unpaired) electrons. The second-order valence-electron chi connectivity index (χ2n) is 6.55. The number of rotatable bonds is 8. The van der Waals surface area contributed by atoms with Crippen molar-refractivity contribution in [3.63, 3.8) is 0 Å². The number of pyridine rings is 1. The molecule has 0 bridgehead atoms. The summed E-state index contributed by atoms with van der Waals surface area (Å²) in [5.74, 6) is 0.517. The highest BCUT2D eigenvalue weighted by atomic mass is 32.2. The third-order valence-corrected chi connectivity index (χ3v) is 5.60. The van der Waals surface area contributed by atoms with E-state index in [1.165, 1.54) is 0 Å². The molecule has 0 aliphatic carbocycles. The van der Waals surface area contributed by atoms with Gasteiger partial charge in [0.15, 0.2) is 0 Å². The molecule has 0 spiro atoms. The quantitative estimate of drug-likeness (QED) is 0.745. The van der Waals surface area contributed by atoms with Crippen molar-refractivity contribution in [1.29, 1.82) is 0 Å². The van der Waals surface area contributed by atoms with Crippen LogP contribution in [0.1, 0.15) is 39.6 Å². The highest BCUT2D eigenvalue weighted by Gasteiger charge is 2.18. The number of hydrogen-bond donors (Lipinski definition) is 1. The molecular weight excluding hydrogens is 368 g/mol. The van der Waals surface area contributed by atoms with Crippen molar-refractivity contribution in [3.8, 4) is 0 Å². The zero-order chi connectivity index (χ0) is 19.3. The van der Waals surface area contributed by atoms with E-state index in [4.69, 9.17) is 0 Å². The van der Waals surface area contributed by atoms with Crippen LogP contribution in [0.15, 0.2) is 22.4 Å². The molecule has 0 fully saturated rings. The molecule has 2 aromatic rings. The van der Waals surface area contributed by atoms with Gasteiger partial charge in [-0.05, 0) is 45.8 Å². The van der Waals surface area contributed by atoms with Gasteiger partial charge in [0.1, 0.15) is 10.6 Å². The first kappa shape index (κ1) is 20.7. The minimum Gasteiger partial charge on any atom is -0.346 e. The van der Waals surface area contributed by atoms with E-state index >= 15 is 0 Å². The Balaban J connectivity index is 2.15. The minimum absolute atomic E-state index is 0.0164. The smallest absolute Gasteiger partial charge is 0.263 e. The van der Waals surface area contributed by atoms with Crippen LogP contribution in [-0.4, -0.2) is 47.3 Å². The van der Waals surface area contributed by atoms with Gasteiger partial charge in [0.25, 0.3) is 11.5 Å². The third-order valence-electron chi connectivity index (χ3n) is 3.96. The van der Waals surface area contributed by atoms with E-state index in [1.807, 2.05) is 43.6 Å². The number of hydrogen-bond acceptors (Lipinski definition) is 6. The van der Waals surface area contributed by atoms with Gasteiger partial charge >= 0.3 is 0 Å². The van der Waals surface area contributed by atoms with Crippen molar-refractivity contribution < 1.29 is 4.79 Å². The molecule has 1 amide bonds. The SMILES string of the molecule is CSCc1nc(CNC(=O)c2c(C)ccn(C(C)CN(C)C)c2=O)cs1. The Labute approximate surface area is 162 Å². The number of thioether (sulfide) groups is 1. The molecule has 1 unspecified atom stereocenters. The van der Waals surface area contributed by atoms with Gasteiger partial charge in [-0.25, -0.2) is 4.98 Å². The maximum absolute atomic E-state index is 12.8. The summed E-state index contributed by atoms with van der Waals surface area (Å²) in [6.45, 7) is 4.81. The van der Waals surface area contributed by atoms with Crippen LogP contribution in [0.3, 0.4) is 0 Å². The first-order valence-electron chi connectivity index (χ1n) is 8.40. The van der Waals surface area contributed by atoms with E-state index in [0.717, 1.165) is 23.0 Å². The Hall–Kier alpha value is -1.64. The molecule has 2 rings (SSSR count). The van der Waals surface area contributed by atoms with Gasteiger partial charge in [-0.2, -0.15) is 11.8 Å². The molecular formula is C18H26N4O2S2. The third kappa shape index (κ3) is 5.18. The van der Waals surface area contributed by atoms with Gasteiger partial charge in [0.05, 0.1) is 12.2 Å². The summed E-state index contributed by atoms with van der Waals surface area (Å²) in [7, 11) is 3.92. The van der Waals surface area contributed by atoms with Crippen molar-refractivity contribution in [2.45, 2.75) is 32.2 Å². The summed E-state index contributed by atoms with van der Waals surface area (Å²) in [5, 5.41) is 5.82. The van der Waals surface area contributed by atoms with E-state index in [2.05, 4.69) is 10.3 Å². The largest absolute Gasteiger partial charge is 0.346 e. The number of carbonyl (C=O) groups excluding carboxylic acids is 1. The fraction of sp³-hybridized carbons (Fsp3) is 0.500. The normalized spacial score (nSPS) is 12.4. The van der Waals surface area contributed by atoms with E-state index < -0.39 is 0 Å². The fourth-order valence-electron chi connectivity index (χ4n) is 2.76. The number of carbonyl (C=O) groups is 1. The Kier molecular flexibility index (Phi) is 7.43. The average molecular weight is 395 g/mol. The van der Waals surface area contributed by atoms with Crippen LogP contribution in [0, 0.1) is 6.92 Å². The monoisotopic (exact) mass is 394 g/mol. The summed E-state index contributed by atoms with van der Waals surface area (Å²) in [4.78, 5) is 31.9. The lowest BCUT2D eigenvalue weighted by Gasteiger charge is -2.20. The number of nitrogens with zero attached hydrogens (tertiary/aromatic N) is 3. The zero-order valence-electron chi connectivity index (χ0n) is 15.9. The summed E-state index contributed by atoms with van der Waals surface area (Å²) < 4.78 is 1.63. The van der Waals surface area contributed by atoms with Gasteiger partial charge in [0, 0.05) is 29.9 Å². The molecule has 0 aliphatic heterocycles. The topological polar surface area (TPSA) is 67.2 Å². The highest BCUT2D eigenvalue weighted by Crippen LogP contribution is 2.15. The van der Waals surface area contributed by atoms with Gasteiger partial charge in [-0.1, -0.05) is 0 Å². The van der Waals surface area contributed by atoms with Crippen LogP contribution in [0.25, 0.3) is 0 Å². The molecule has 1 atom stereocenters. The molecule has 26 heavy (non-hydrogen) atoms. The van der Waals surface area contributed by atoms with Gasteiger partial charge < -0.3 is 14.8 Å². The van der Waals surface area contributed by atoms with E-state index in [1.54, 1.807) is 40.8 Å². The van der Waals surface area contributed by atoms with Gasteiger partial charge in [0.2, 0.25) is 0 Å². The van der Waals surface area contributed by atoms with E-state index in [0.29, 0.717) is 12.1 Å². The maximum atomic E-state index is 12.8. The van der Waals surface area contributed by atoms with Crippen molar-refractivity contribution >= 4 is 29.0 Å². The minimum atomic E-state index is -0.349. The lowest BCUT2D eigenvalue weighted by Crippen LogP contribution is -2.36. The molecule has 0 aromatic carbocycles. The molecule has 0 aliphatic rings. The average Bonchev–Trinajstić information content (AvgIpc) is 3.00. The van der Waals surface area contributed by atoms with Crippen LogP contribution in [0.5, 0.6) is 0 Å². The molecule has 6 nitrogen and oxygen atoms in total. The second-order valence-corrected chi connectivity index (χ2v) is 8.35. The Morgan fingerprint density at radius 2 is 2.19 bits per heavy atom. The van der Waals surface area contributed by atoms with Crippen LogP contribution in [0.4, 0.5) is 0 Å². The van der Waals surface area contributed by atoms with Gasteiger partial charge in [-0.15, -0.1) is 11.3 Å². The van der Waals surface area contributed by atoms with Gasteiger partial charge in [-0.3, -0.25) is 9.59 Å². The summed E-state index contributed by atoms with van der Waals surface area (Å²) in [6.07, 6.45) is 3.79. The fourth-order valence-corrected chi connectivity index (χ4v) is 4.28. The molecule has 0 saturated heterocycles. The summed E-state index contributed by atoms with van der Waals surface area (Å²) in [6, 6.07) is 1.80. The number of nitrogens with one attached hydrogen (secondary N) is 1. The standard InChI is InChI=1S/C18H26N4O2S2/c1-12-6-7-22(13(2)9-21(3)4)18(24)16(12)17(23)19-8-14-10-26-15(20-14)11-25-5/h6-7,10,13H,8-9,11H2,1-5H3,(H,19,23). The van der Waals surface area contributed by atoms with Crippen molar-refractivity contribution in [2.24, 2.45) is 0 Å². The van der Waals surface area contributed by atoms with Crippen molar-refractivity contribution in [2.75, 3.05) is 26.9 Å². The molecule has 2 heterocycles. The van der Waals surface area contributed by atoms with Crippen molar-refractivity contribution in [3.05, 3.63) is 49.8 Å². The highest BCUT2D eigenvalue weighted by molar-refractivity contribution is 7.97. The molecule has 0 saturated carbocycles. The predicted molar refractivity (Wildman–Crippen MR) is 109 cm³/mol. The maximum Gasteiger partial charge on any atom is 0.263 e. The molecule has 8 heteroatoms. The van der Waals surface area contributed by atoms with Crippen LogP contribution >= 0.6 is 23.1 Å². The zero-order valence-corrected chi connectivity index (χ0v) is 17.5. The Morgan fingerprint density at radius 3 is 2.85 bits per heavy atom. The summed E-state index contributed by atoms with van der Waals surface area (Å²) >= 11 is 3.30. The predicted octanol–water partition coefficient (Wildman–Crippen LogP) is 2.53. The Bertz CT molecular complexity index is 814. The molecule has 1 N–H and O–H groups in total. The van der Waals surface area contributed by atoms with Crippen LogP contribution in [-0.2, 0) is 12.3 Å². The molecule has 2 aromatic heterocycles. The number of thiazole rings is 1. The number of aryl methyl sites for hydroxylation is 1. The lowest BCUT2D eigenvalue weighted by atomic mass is 10.1. The van der Waals surface area contributed by atoms with Crippen molar-refractivity contribution in [1.82, 2.24) is 19.8 Å². The van der Waals surface area contributed by atoms with Crippen LogP contribution < -0.4 is 10.9 Å². The number of likely N-dealkylation sites (N-methyl/N-ethyl adjacent to an activating group) is 1. The Morgan fingerprint density at radius 1 is 1.46 bits per heavy atom. The second kappa shape index (κ2) is 9.34. The van der Waals surface area contributed by atoms with E-state index in [9.17, 15) is 9.59 Å². The first-order chi connectivity index (χ1) is 12.3. The summed E-state index contributed by atoms with van der Waals surface area (Å²) in [5.41, 5.74) is 1.46. The lowest BCUT2D eigenvalue weighted by molar-refractivity contribution is 0.0947. The first-order valence-corrected chi connectivity index (χ1v) is 10.7. The molecule has 142 valence electrons. The number of amides is 1.